The second-order valence-electron chi connectivity index (χ2n) is 9.75. The van der Waals surface area contributed by atoms with Crippen molar-refractivity contribution in [1.29, 1.82) is 5.26 Å². The first-order valence-corrected chi connectivity index (χ1v) is 11.8. The van der Waals surface area contributed by atoms with Gasteiger partial charge in [0.2, 0.25) is 0 Å². The maximum atomic E-state index is 13.1. The number of aromatic hydroxyl groups is 1. The number of nitriles is 1. The lowest BCUT2D eigenvalue weighted by molar-refractivity contribution is -0.112. The van der Waals surface area contributed by atoms with Gasteiger partial charge in [-0.05, 0) is 29.7 Å². The van der Waals surface area contributed by atoms with Gasteiger partial charge in [0.15, 0.2) is 0 Å². The lowest BCUT2D eigenvalue weighted by atomic mass is 9.85. The average molecular weight is 492 g/mol. The molecule has 1 aliphatic rings. The summed E-state index contributed by atoms with van der Waals surface area (Å²) < 4.78 is 11.4. The smallest absolute Gasteiger partial charge is 0.292 e. The quantitative estimate of drug-likeness (QED) is 0.262. The van der Waals surface area contributed by atoms with Crippen molar-refractivity contribution in [2.24, 2.45) is 4.99 Å². The molecule has 0 aliphatic carbocycles. The van der Waals surface area contributed by atoms with E-state index in [-0.39, 0.29) is 22.6 Å². The number of para-hydroxylation sites is 1. The fourth-order valence-corrected chi connectivity index (χ4v) is 4.50. The number of nitrogens with one attached hydrogen (secondary N) is 1. The van der Waals surface area contributed by atoms with E-state index in [2.05, 4.69) is 5.32 Å². The summed E-state index contributed by atoms with van der Waals surface area (Å²) in [6, 6.07) is 21.9. The Hall–Kier alpha value is -4.83. The Morgan fingerprint density at radius 3 is 2.38 bits per heavy atom. The summed E-state index contributed by atoms with van der Waals surface area (Å²) in [5.74, 6) is -0.251. The van der Waals surface area contributed by atoms with Crippen LogP contribution in [0.1, 0.15) is 43.0 Å². The van der Waals surface area contributed by atoms with Crippen LogP contribution in [0, 0.1) is 11.3 Å². The number of fused-ring (bicyclic) bond motifs is 2. The molecule has 0 radical (unpaired) electrons. The van der Waals surface area contributed by atoms with Crippen LogP contribution in [0.3, 0.4) is 0 Å². The van der Waals surface area contributed by atoms with Crippen LogP contribution in [0.4, 0.5) is 5.69 Å². The number of anilines is 1. The van der Waals surface area contributed by atoms with E-state index in [9.17, 15) is 15.2 Å². The third-order valence-corrected chi connectivity index (χ3v) is 6.29. The second-order valence-corrected chi connectivity index (χ2v) is 9.75. The first-order valence-electron chi connectivity index (χ1n) is 11.8. The van der Waals surface area contributed by atoms with Gasteiger partial charge in [0.25, 0.3) is 11.9 Å². The molecule has 1 aliphatic heterocycles. The molecule has 1 amide bonds. The molecule has 37 heavy (non-hydrogen) atoms. The highest BCUT2D eigenvalue weighted by molar-refractivity contribution is 6.28. The highest BCUT2D eigenvalue weighted by Crippen LogP contribution is 2.44. The second kappa shape index (κ2) is 8.99. The summed E-state index contributed by atoms with van der Waals surface area (Å²) in [6.45, 7) is 6.15. The third kappa shape index (κ3) is 4.13. The van der Waals surface area contributed by atoms with Gasteiger partial charge in [-0.25, -0.2) is 4.99 Å². The molecule has 7 nitrogen and oxygen atoms in total. The van der Waals surface area contributed by atoms with E-state index in [1.807, 2.05) is 57.2 Å². The molecule has 2 heterocycles. The topological polar surface area (TPSA) is 108 Å². The molecule has 0 unspecified atom stereocenters. The van der Waals surface area contributed by atoms with Gasteiger partial charge in [-0.3, -0.25) is 4.79 Å². The fraction of sp³-hybridized carbons (Fsp3) is 0.167. The largest absolute Gasteiger partial charge is 0.497 e. The molecule has 2 N–H and O–H groups in total. The minimum Gasteiger partial charge on any atom is -0.497 e. The Labute approximate surface area is 214 Å². The van der Waals surface area contributed by atoms with Gasteiger partial charge in [0.1, 0.15) is 23.0 Å². The van der Waals surface area contributed by atoms with Gasteiger partial charge >= 0.3 is 0 Å². The van der Waals surface area contributed by atoms with E-state index < -0.39 is 5.91 Å². The first-order chi connectivity index (χ1) is 17.7. The lowest BCUT2D eigenvalue weighted by Gasteiger charge is -2.20. The molecule has 0 spiro atoms. The monoisotopic (exact) mass is 491 g/mol. The average Bonchev–Trinajstić information content (AvgIpc) is 3.40. The number of furan rings is 1. The Morgan fingerprint density at radius 2 is 1.73 bits per heavy atom. The van der Waals surface area contributed by atoms with Crippen LogP contribution >= 0.6 is 0 Å². The molecule has 0 saturated carbocycles. The standard InChI is InChI=1S/C30H25N3O4/c1-30(2,3)23-15-18(36-4)14-21-24(29(35)37-27(21)23)26-20-13-9-8-12-19(20)25(33-26)22(16-31)28(34)32-17-10-6-5-7-11-17/h5-15,35H,1-4H3,(H,32,34)/b25-22+. The predicted molar refractivity (Wildman–Crippen MR) is 143 cm³/mol. The number of hydrogen-bond acceptors (Lipinski definition) is 6. The number of aliphatic imine (C=N–C) groups is 1. The van der Waals surface area contributed by atoms with Gasteiger partial charge in [-0.15, -0.1) is 0 Å². The molecule has 0 saturated heterocycles. The van der Waals surface area contributed by atoms with Crippen LogP contribution in [0.15, 0.2) is 81.7 Å². The van der Waals surface area contributed by atoms with Crippen molar-refractivity contribution in [3.63, 3.8) is 0 Å². The van der Waals surface area contributed by atoms with Crippen LogP contribution in [0.25, 0.3) is 16.7 Å². The summed E-state index contributed by atoms with van der Waals surface area (Å²) in [5, 5.41) is 24.4. The Morgan fingerprint density at radius 1 is 1.05 bits per heavy atom. The van der Waals surface area contributed by atoms with Crippen LogP contribution < -0.4 is 10.1 Å². The molecule has 7 heteroatoms. The minimum atomic E-state index is -0.568. The zero-order valence-electron chi connectivity index (χ0n) is 20.9. The van der Waals surface area contributed by atoms with Gasteiger partial charge < -0.3 is 19.6 Å². The lowest BCUT2D eigenvalue weighted by Crippen LogP contribution is -2.14. The van der Waals surface area contributed by atoms with Crippen molar-refractivity contribution >= 4 is 34.0 Å². The van der Waals surface area contributed by atoms with Gasteiger partial charge in [-0.2, -0.15) is 5.26 Å². The number of rotatable bonds is 4. The SMILES string of the molecule is COc1cc(C(C)(C)C)c2oc(O)c(C3=N/C(=C(\C#N)C(=O)Nc4ccccc4)c4ccccc43)c2c1. The normalized spacial score (nSPS) is 14.1. The van der Waals surface area contributed by atoms with Gasteiger partial charge in [0.05, 0.1) is 24.1 Å². The molecule has 184 valence electrons. The molecule has 0 atom stereocenters. The Bertz CT molecular complexity index is 1650. The van der Waals surface area contributed by atoms with Crippen molar-refractivity contribution in [3.8, 4) is 17.8 Å². The van der Waals surface area contributed by atoms with E-state index in [1.165, 1.54) is 0 Å². The summed E-state index contributed by atoms with van der Waals surface area (Å²) in [7, 11) is 1.58. The molecular formula is C30H25N3O4. The summed E-state index contributed by atoms with van der Waals surface area (Å²) in [4.78, 5) is 17.8. The number of carbonyl (C=O) groups excluding carboxylic acids is 1. The Kier molecular flexibility index (Phi) is 5.81. The van der Waals surface area contributed by atoms with E-state index in [4.69, 9.17) is 14.1 Å². The number of carbonyl (C=O) groups is 1. The number of benzene rings is 3. The van der Waals surface area contributed by atoms with E-state index in [1.54, 1.807) is 43.5 Å². The molecule has 0 bridgehead atoms. The Balaban J connectivity index is 1.74. The predicted octanol–water partition coefficient (Wildman–Crippen LogP) is 6.17. The molecule has 3 aromatic carbocycles. The van der Waals surface area contributed by atoms with Crippen molar-refractivity contribution in [1.82, 2.24) is 0 Å². The third-order valence-electron chi connectivity index (χ3n) is 6.29. The van der Waals surface area contributed by atoms with Crippen LogP contribution in [-0.2, 0) is 10.2 Å². The summed E-state index contributed by atoms with van der Waals surface area (Å²) in [5.41, 5.74) is 3.85. The molecular weight excluding hydrogens is 466 g/mol. The first kappa shape index (κ1) is 23.9. The fourth-order valence-electron chi connectivity index (χ4n) is 4.50. The highest BCUT2D eigenvalue weighted by atomic mass is 16.5. The summed E-state index contributed by atoms with van der Waals surface area (Å²) >= 11 is 0. The van der Waals surface area contributed by atoms with E-state index in [0.717, 1.165) is 5.56 Å². The number of hydrogen-bond donors (Lipinski definition) is 2. The maximum Gasteiger partial charge on any atom is 0.292 e. The zero-order valence-corrected chi connectivity index (χ0v) is 20.9. The van der Waals surface area contributed by atoms with Crippen molar-refractivity contribution in [2.45, 2.75) is 26.2 Å². The van der Waals surface area contributed by atoms with Crippen molar-refractivity contribution in [3.05, 3.63) is 94.6 Å². The highest BCUT2D eigenvalue weighted by Gasteiger charge is 2.32. The minimum absolute atomic E-state index is 0.133. The van der Waals surface area contributed by atoms with Gasteiger partial charge in [-0.1, -0.05) is 63.2 Å². The van der Waals surface area contributed by atoms with E-state index in [0.29, 0.717) is 44.8 Å². The zero-order chi connectivity index (χ0) is 26.3. The number of nitrogens with zero attached hydrogens (tertiary/aromatic N) is 2. The number of amides is 1. The van der Waals surface area contributed by atoms with Crippen molar-refractivity contribution < 1.29 is 19.1 Å². The number of ether oxygens (including phenoxy) is 1. The van der Waals surface area contributed by atoms with Crippen LogP contribution in [0.5, 0.6) is 11.7 Å². The summed E-state index contributed by atoms with van der Waals surface area (Å²) in [6.07, 6.45) is 0. The van der Waals surface area contributed by atoms with E-state index >= 15 is 0 Å². The maximum absolute atomic E-state index is 13.1. The molecule has 0 fully saturated rings. The molecule has 1 aromatic heterocycles. The van der Waals surface area contributed by atoms with Crippen LogP contribution in [0.2, 0.25) is 0 Å². The molecule has 5 rings (SSSR count). The van der Waals surface area contributed by atoms with Gasteiger partial charge in [0, 0.05) is 27.8 Å². The number of methoxy groups -OCH3 is 1. The molecule has 4 aromatic rings. The van der Waals surface area contributed by atoms with Crippen LogP contribution in [-0.4, -0.2) is 23.8 Å². The van der Waals surface area contributed by atoms with Crippen molar-refractivity contribution in [2.75, 3.05) is 12.4 Å².